The molecule has 0 spiro atoms. The van der Waals surface area contributed by atoms with E-state index in [4.69, 9.17) is 0 Å². The van der Waals surface area contributed by atoms with Gasteiger partial charge in [-0.1, -0.05) is 6.07 Å². The lowest BCUT2D eigenvalue weighted by molar-refractivity contribution is -0.143. The maximum absolute atomic E-state index is 13.1. The van der Waals surface area contributed by atoms with Crippen molar-refractivity contribution in [1.82, 2.24) is 14.8 Å². The third-order valence-corrected chi connectivity index (χ3v) is 3.56. The predicted octanol–water partition coefficient (Wildman–Crippen LogP) is 4.56. The molecule has 11 heteroatoms. The Balaban J connectivity index is 1.89. The summed E-state index contributed by atoms with van der Waals surface area (Å²) in [6.45, 7) is 0. The van der Waals surface area contributed by atoms with Crippen LogP contribution >= 0.6 is 0 Å². The summed E-state index contributed by atoms with van der Waals surface area (Å²) in [5, 5.41) is 5.51. The normalized spacial score (nSPS) is 12.1. The SMILES string of the molecule is O=C(Nc1ccc(-n2nc(C(F)(F)F)cc2C(F)(F)F)cc1)c1ccccn1. The smallest absolute Gasteiger partial charge is 0.321 e. The largest absolute Gasteiger partial charge is 0.435 e. The highest BCUT2D eigenvalue weighted by molar-refractivity contribution is 6.02. The Morgan fingerprint density at radius 3 is 2.14 bits per heavy atom. The summed E-state index contributed by atoms with van der Waals surface area (Å²) >= 11 is 0. The van der Waals surface area contributed by atoms with E-state index in [0.717, 1.165) is 12.1 Å². The maximum Gasteiger partial charge on any atom is 0.435 e. The summed E-state index contributed by atoms with van der Waals surface area (Å²) in [5.41, 5.74) is -3.14. The lowest BCUT2D eigenvalue weighted by Crippen LogP contribution is -2.14. The molecule has 0 atom stereocenters. The summed E-state index contributed by atoms with van der Waals surface area (Å²) in [5.74, 6) is -0.553. The fraction of sp³-hybridized carbons (Fsp3) is 0.118. The van der Waals surface area contributed by atoms with Crippen molar-refractivity contribution in [3.8, 4) is 5.69 Å². The molecule has 28 heavy (non-hydrogen) atoms. The van der Waals surface area contributed by atoms with E-state index < -0.39 is 29.6 Å². The van der Waals surface area contributed by atoms with Gasteiger partial charge in [-0.2, -0.15) is 31.4 Å². The molecule has 1 amide bonds. The standard InChI is InChI=1S/C17H10F6N4O/c18-16(19,20)13-9-14(17(21,22)23)27(26-13)11-6-4-10(5-7-11)25-15(28)12-3-1-2-8-24-12/h1-9H,(H,25,28). The van der Waals surface area contributed by atoms with Crippen molar-refractivity contribution in [3.05, 3.63) is 71.8 Å². The molecule has 0 aliphatic carbocycles. The van der Waals surface area contributed by atoms with E-state index in [9.17, 15) is 31.1 Å². The average Bonchev–Trinajstić information content (AvgIpc) is 3.09. The van der Waals surface area contributed by atoms with Crippen LogP contribution in [0.25, 0.3) is 5.69 Å². The molecular formula is C17H10F6N4O. The number of benzene rings is 1. The van der Waals surface area contributed by atoms with Gasteiger partial charge < -0.3 is 5.32 Å². The summed E-state index contributed by atoms with van der Waals surface area (Å²) in [7, 11) is 0. The molecule has 1 aromatic carbocycles. The Bertz CT molecular complexity index is 978. The van der Waals surface area contributed by atoms with Crippen LogP contribution in [0.1, 0.15) is 21.9 Å². The van der Waals surface area contributed by atoms with Gasteiger partial charge in [-0.3, -0.25) is 9.78 Å². The van der Waals surface area contributed by atoms with Crippen molar-refractivity contribution in [2.45, 2.75) is 12.4 Å². The highest BCUT2D eigenvalue weighted by Gasteiger charge is 2.42. The molecule has 146 valence electrons. The number of alkyl halides is 6. The third-order valence-electron chi connectivity index (χ3n) is 3.56. The Hall–Kier alpha value is -3.37. The number of nitrogens with one attached hydrogen (secondary N) is 1. The summed E-state index contributed by atoms with van der Waals surface area (Å²) < 4.78 is 77.7. The number of anilines is 1. The molecular weight excluding hydrogens is 390 g/mol. The highest BCUT2D eigenvalue weighted by atomic mass is 19.4. The number of halogens is 6. The van der Waals surface area contributed by atoms with Crippen molar-refractivity contribution < 1.29 is 31.1 Å². The molecule has 3 aromatic rings. The monoisotopic (exact) mass is 400 g/mol. The molecule has 0 saturated heterocycles. The second-order valence-electron chi connectivity index (χ2n) is 5.54. The summed E-state index contributed by atoms with van der Waals surface area (Å²) in [4.78, 5) is 15.8. The lowest BCUT2D eigenvalue weighted by Gasteiger charge is -2.11. The van der Waals surface area contributed by atoms with Gasteiger partial charge >= 0.3 is 12.4 Å². The van der Waals surface area contributed by atoms with Gasteiger partial charge in [-0.25, -0.2) is 4.68 Å². The van der Waals surface area contributed by atoms with Crippen LogP contribution in [0.5, 0.6) is 0 Å². The zero-order chi connectivity index (χ0) is 20.5. The Labute approximate surface area is 153 Å². The first-order valence-electron chi connectivity index (χ1n) is 7.63. The van der Waals surface area contributed by atoms with Crippen molar-refractivity contribution in [2.24, 2.45) is 0 Å². The van der Waals surface area contributed by atoms with Gasteiger partial charge in [-0.05, 0) is 36.4 Å². The van der Waals surface area contributed by atoms with Gasteiger partial charge in [0.2, 0.25) is 0 Å². The topological polar surface area (TPSA) is 59.8 Å². The number of amides is 1. The lowest BCUT2D eigenvalue weighted by atomic mass is 10.2. The van der Waals surface area contributed by atoms with E-state index in [1.807, 2.05) is 0 Å². The van der Waals surface area contributed by atoms with E-state index >= 15 is 0 Å². The molecule has 1 N–H and O–H groups in total. The number of carbonyl (C=O) groups is 1. The molecule has 2 heterocycles. The van der Waals surface area contributed by atoms with Crippen LogP contribution in [-0.4, -0.2) is 20.7 Å². The zero-order valence-electron chi connectivity index (χ0n) is 13.7. The molecule has 0 saturated carbocycles. The molecule has 3 rings (SSSR count). The van der Waals surface area contributed by atoms with E-state index in [-0.39, 0.29) is 27.8 Å². The minimum atomic E-state index is -5.04. The highest BCUT2D eigenvalue weighted by Crippen LogP contribution is 2.36. The molecule has 0 unspecified atom stereocenters. The number of carbonyl (C=O) groups excluding carboxylic acids is 1. The molecule has 0 fully saturated rings. The Morgan fingerprint density at radius 1 is 0.929 bits per heavy atom. The van der Waals surface area contributed by atoms with E-state index in [2.05, 4.69) is 15.4 Å². The second-order valence-corrected chi connectivity index (χ2v) is 5.54. The number of hydrogen-bond acceptors (Lipinski definition) is 3. The molecule has 0 radical (unpaired) electrons. The van der Waals surface area contributed by atoms with E-state index in [0.29, 0.717) is 0 Å². The van der Waals surface area contributed by atoms with Crippen LogP contribution in [0.2, 0.25) is 0 Å². The van der Waals surface area contributed by atoms with E-state index in [1.165, 1.54) is 24.4 Å². The van der Waals surface area contributed by atoms with Crippen LogP contribution < -0.4 is 5.32 Å². The molecule has 0 bridgehead atoms. The van der Waals surface area contributed by atoms with Crippen LogP contribution in [0.15, 0.2) is 54.7 Å². The van der Waals surface area contributed by atoms with Gasteiger partial charge in [0.25, 0.3) is 5.91 Å². The molecule has 0 aliphatic heterocycles. The van der Waals surface area contributed by atoms with Gasteiger partial charge in [0.1, 0.15) is 11.4 Å². The van der Waals surface area contributed by atoms with Crippen molar-refractivity contribution in [1.29, 1.82) is 0 Å². The van der Waals surface area contributed by atoms with Crippen LogP contribution in [0.4, 0.5) is 32.0 Å². The fourth-order valence-electron chi connectivity index (χ4n) is 2.30. The number of hydrogen-bond donors (Lipinski definition) is 1. The third kappa shape index (κ3) is 4.13. The van der Waals surface area contributed by atoms with Crippen LogP contribution in [0.3, 0.4) is 0 Å². The Morgan fingerprint density at radius 2 is 1.61 bits per heavy atom. The number of nitrogens with zero attached hydrogens (tertiary/aromatic N) is 3. The zero-order valence-corrected chi connectivity index (χ0v) is 13.7. The van der Waals surface area contributed by atoms with Gasteiger partial charge in [0.05, 0.1) is 5.69 Å². The number of rotatable bonds is 3. The van der Waals surface area contributed by atoms with Gasteiger partial charge in [0.15, 0.2) is 5.69 Å². The first-order valence-corrected chi connectivity index (χ1v) is 7.63. The first-order chi connectivity index (χ1) is 13.1. The Kier molecular flexibility index (Phi) is 4.84. The van der Waals surface area contributed by atoms with Crippen molar-refractivity contribution in [3.63, 3.8) is 0 Å². The minimum Gasteiger partial charge on any atom is -0.321 e. The minimum absolute atomic E-state index is 0.0588. The summed E-state index contributed by atoms with van der Waals surface area (Å²) in [6, 6.07) is 9.31. The van der Waals surface area contributed by atoms with Crippen molar-refractivity contribution >= 4 is 11.6 Å². The second kappa shape index (κ2) is 6.98. The number of aromatic nitrogens is 3. The first kappa shape index (κ1) is 19.4. The van der Waals surface area contributed by atoms with E-state index in [1.54, 1.807) is 12.1 Å². The summed E-state index contributed by atoms with van der Waals surface area (Å²) in [6.07, 6.45) is -8.66. The quantitative estimate of drug-likeness (QED) is 0.656. The number of pyridine rings is 1. The van der Waals surface area contributed by atoms with Crippen molar-refractivity contribution in [2.75, 3.05) is 5.32 Å². The predicted molar refractivity (Wildman–Crippen MR) is 85.8 cm³/mol. The van der Waals surface area contributed by atoms with Crippen LogP contribution in [0, 0.1) is 0 Å². The van der Waals surface area contributed by atoms with Gasteiger partial charge in [-0.15, -0.1) is 0 Å². The molecule has 5 nitrogen and oxygen atoms in total. The van der Waals surface area contributed by atoms with Crippen LogP contribution in [-0.2, 0) is 12.4 Å². The molecule has 0 aliphatic rings. The van der Waals surface area contributed by atoms with Gasteiger partial charge in [0, 0.05) is 18.0 Å². The molecule has 2 aromatic heterocycles. The fourth-order valence-corrected chi connectivity index (χ4v) is 2.30. The maximum atomic E-state index is 13.1. The average molecular weight is 400 g/mol.